The van der Waals surface area contributed by atoms with Crippen LogP contribution in [0.4, 0.5) is 5.69 Å². The van der Waals surface area contributed by atoms with Gasteiger partial charge in [-0.05, 0) is 49.4 Å². The van der Waals surface area contributed by atoms with Crippen LogP contribution in [0.3, 0.4) is 0 Å². The fourth-order valence-corrected chi connectivity index (χ4v) is 2.33. The van der Waals surface area contributed by atoms with Gasteiger partial charge in [0.15, 0.2) is 5.78 Å². The topological polar surface area (TPSA) is 38.3 Å². The average Bonchev–Trinajstić information content (AvgIpc) is 2.50. The lowest BCUT2D eigenvalue weighted by molar-refractivity contribution is 0.104. The molecule has 0 radical (unpaired) electrons. The van der Waals surface area contributed by atoms with E-state index in [1.165, 1.54) is 6.08 Å². The SMILES string of the molecule is COc1ccc(C(=O)/C=C(\C)Nc2ccc(Cl)cc2Cl)cc1. The zero-order valence-electron chi connectivity index (χ0n) is 12.2. The largest absolute Gasteiger partial charge is 0.497 e. The van der Waals surface area contributed by atoms with Crippen LogP contribution < -0.4 is 10.1 Å². The van der Waals surface area contributed by atoms with Crippen molar-refractivity contribution >= 4 is 34.7 Å². The number of rotatable bonds is 5. The predicted molar refractivity (Wildman–Crippen MR) is 91.2 cm³/mol. The number of benzene rings is 2. The van der Waals surface area contributed by atoms with Crippen molar-refractivity contribution in [3.05, 3.63) is 69.8 Å². The molecule has 2 aromatic rings. The first-order valence-corrected chi connectivity index (χ1v) is 7.34. The lowest BCUT2D eigenvalue weighted by Crippen LogP contribution is -2.02. The summed E-state index contributed by atoms with van der Waals surface area (Å²) in [5, 5.41) is 4.14. The Balaban J connectivity index is 2.11. The van der Waals surface area contributed by atoms with Gasteiger partial charge in [-0.25, -0.2) is 0 Å². The maximum atomic E-state index is 12.2. The van der Waals surface area contributed by atoms with Gasteiger partial charge in [-0.1, -0.05) is 23.2 Å². The zero-order chi connectivity index (χ0) is 16.1. The molecular formula is C17H15Cl2NO2. The first kappa shape index (κ1) is 16.4. The van der Waals surface area contributed by atoms with Crippen LogP contribution in [0.15, 0.2) is 54.2 Å². The molecule has 0 unspecified atom stereocenters. The van der Waals surface area contributed by atoms with Crippen LogP contribution in [0.1, 0.15) is 17.3 Å². The third-order valence-electron chi connectivity index (χ3n) is 2.99. The number of carbonyl (C=O) groups excluding carboxylic acids is 1. The van der Waals surface area contributed by atoms with E-state index in [2.05, 4.69) is 5.32 Å². The van der Waals surface area contributed by atoms with Crippen molar-refractivity contribution in [2.45, 2.75) is 6.92 Å². The second-order valence-electron chi connectivity index (χ2n) is 4.67. The minimum atomic E-state index is -0.0993. The Morgan fingerprint density at radius 2 is 1.82 bits per heavy atom. The number of ether oxygens (including phenoxy) is 1. The van der Waals surface area contributed by atoms with Gasteiger partial charge in [-0.2, -0.15) is 0 Å². The molecule has 0 aromatic heterocycles. The summed E-state index contributed by atoms with van der Waals surface area (Å²) in [6.45, 7) is 1.80. The monoisotopic (exact) mass is 335 g/mol. The number of halogens is 2. The smallest absolute Gasteiger partial charge is 0.187 e. The minimum absolute atomic E-state index is 0.0993. The molecule has 3 nitrogen and oxygen atoms in total. The molecule has 0 aliphatic carbocycles. The number of anilines is 1. The molecule has 114 valence electrons. The fourth-order valence-electron chi connectivity index (χ4n) is 1.87. The van der Waals surface area contributed by atoms with E-state index in [1.807, 2.05) is 0 Å². The number of allylic oxidation sites excluding steroid dienone is 2. The summed E-state index contributed by atoms with van der Waals surface area (Å²) >= 11 is 11.9. The van der Waals surface area contributed by atoms with Crippen molar-refractivity contribution in [3.8, 4) is 5.75 Å². The van der Waals surface area contributed by atoms with Gasteiger partial charge in [0.05, 0.1) is 17.8 Å². The lowest BCUT2D eigenvalue weighted by atomic mass is 10.1. The molecule has 5 heteroatoms. The van der Waals surface area contributed by atoms with Crippen LogP contribution >= 0.6 is 23.2 Å². The Hall–Kier alpha value is -1.97. The number of hydrogen-bond donors (Lipinski definition) is 1. The molecule has 22 heavy (non-hydrogen) atoms. The molecule has 0 heterocycles. The summed E-state index contributed by atoms with van der Waals surface area (Å²) in [5.74, 6) is 0.612. The van der Waals surface area contributed by atoms with Gasteiger partial charge in [0.2, 0.25) is 0 Å². The molecule has 0 saturated heterocycles. The highest BCUT2D eigenvalue weighted by Gasteiger charge is 2.05. The zero-order valence-corrected chi connectivity index (χ0v) is 13.7. The van der Waals surface area contributed by atoms with Crippen molar-refractivity contribution < 1.29 is 9.53 Å². The van der Waals surface area contributed by atoms with E-state index >= 15 is 0 Å². The van der Waals surface area contributed by atoms with Crippen LogP contribution in [0.5, 0.6) is 5.75 Å². The number of carbonyl (C=O) groups is 1. The van der Waals surface area contributed by atoms with Crippen LogP contribution in [-0.4, -0.2) is 12.9 Å². The second-order valence-corrected chi connectivity index (χ2v) is 5.51. The van der Waals surface area contributed by atoms with Crippen LogP contribution in [-0.2, 0) is 0 Å². The van der Waals surface area contributed by atoms with E-state index in [0.29, 0.717) is 32.7 Å². The third kappa shape index (κ3) is 4.26. The molecular weight excluding hydrogens is 321 g/mol. The van der Waals surface area contributed by atoms with Gasteiger partial charge in [0.1, 0.15) is 5.75 Å². The number of hydrogen-bond acceptors (Lipinski definition) is 3. The number of ketones is 1. The molecule has 0 fully saturated rings. The Morgan fingerprint density at radius 3 is 2.41 bits per heavy atom. The van der Waals surface area contributed by atoms with Gasteiger partial charge in [0, 0.05) is 22.4 Å². The molecule has 2 rings (SSSR count). The van der Waals surface area contributed by atoms with E-state index < -0.39 is 0 Å². The van der Waals surface area contributed by atoms with Crippen LogP contribution in [0, 0.1) is 0 Å². The molecule has 0 spiro atoms. The van der Waals surface area contributed by atoms with Crippen molar-refractivity contribution in [2.24, 2.45) is 0 Å². The summed E-state index contributed by atoms with van der Waals surface area (Å²) in [5.41, 5.74) is 1.97. The second kappa shape index (κ2) is 7.34. The van der Waals surface area contributed by atoms with Crippen molar-refractivity contribution in [1.29, 1.82) is 0 Å². The van der Waals surface area contributed by atoms with E-state index in [-0.39, 0.29) is 5.78 Å². The Labute approximate surface area is 139 Å². The van der Waals surface area contributed by atoms with Crippen molar-refractivity contribution in [1.82, 2.24) is 0 Å². The highest BCUT2D eigenvalue weighted by Crippen LogP contribution is 2.26. The molecule has 0 saturated carbocycles. The van der Waals surface area contributed by atoms with Crippen molar-refractivity contribution in [2.75, 3.05) is 12.4 Å². The molecule has 0 bridgehead atoms. The Kier molecular flexibility index (Phi) is 5.47. The van der Waals surface area contributed by atoms with Gasteiger partial charge < -0.3 is 10.1 Å². The minimum Gasteiger partial charge on any atom is -0.497 e. The van der Waals surface area contributed by atoms with Gasteiger partial charge in [-0.3, -0.25) is 4.79 Å². The number of nitrogens with one attached hydrogen (secondary N) is 1. The molecule has 0 atom stereocenters. The quantitative estimate of drug-likeness (QED) is 0.602. The highest BCUT2D eigenvalue weighted by molar-refractivity contribution is 6.36. The lowest BCUT2D eigenvalue weighted by Gasteiger charge is -2.09. The van der Waals surface area contributed by atoms with Crippen LogP contribution in [0.25, 0.3) is 0 Å². The van der Waals surface area contributed by atoms with E-state index in [0.717, 1.165) is 0 Å². The molecule has 0 amide bonds. The van der Waals surface area contributed by atoms with E-state index in [4.69, 9.17) is 27.9 Å². The molecule has 1 N–H and O–H groups in total. The maximum Gasteiger partial charge on any atom is 0.187 e. The first-order chi connectivity index (χ1) is 10.5. The van der Waals surface area contributed by atoms with Gasteiger partial charge in [0.25, 0.3) is 0 Å². The standard InChI is InChI=1S/C17H15Cl2NO2/c1-11(20-16-8-5-13(18)10-15(16)19)9-17(21)12-3-6-14(22-2)7-4-12/h3-10,20H,1-2H3/b11-9+. The Morgan fingerprint density at radius 1 is 1.14 bits per heavy atom. The predicted octanol–water partition coefficient (Wildman–Crippen LogP) is 5.20. The molecule has 0 aliphatic heterocycles. The van der Waals surface area contributed by atoms with Gasteiger partial charge in [-0.15, -0.1) is 0 Å². The fraction of sp³-hybridized carbons (Fsp3) is 0.118. The van der Waals surface area contributed by atoms with E-state index in [9.17, 15) is 4.79 Å². The summed E-state index contributed by atoms with van der Waals surface area (Å²) < 4.78 is 5.07. The summed E-state index contributed by atoms with van der Waals surface area (Å²) in [7, 11) is 1.58. The molecule has 0 aliphatic rings. The normalized spacial score (nSPS) is 11.2. The first-order valence-electron chi connectivity index (χ1n) is 6.58. The third-order valence-corrected chi connectivity index (χ3v) is 3.53. The highest BCUT2D eigenvalue weighted by atomic mass is 35.5. The van der Waals surface area contributed by atoms with Crippen LogP contribution in [0.2, 0.25) is 10.0 Å². The maximum absolute atomic E-state index is 12.2. The summed E-state index contributed by atoms with van der Waals surface area (Å²) in [6.07, 6.45) is 1.52. The molecule has 2 aromatic carbocycles. The van der Waals surface area contributed by atoms with Crippen molar-refractivity contribution in [3.63, 3.8) is 0 Å². The van der Waals surface area contributed by atoms with E-state index in [1.54, 1.807) is 56.5 Å². The number of methoxy groups -OCH3 is 1. The van der Waals surface area contributed by atoms with Gasteiger partial charge >= 0.3 is 0 Å². The Bertz CT molecular complexity index is 709. The summed E-state index contributed by atoms with van der Waals surface area (Å²) in [6, 6.07) is 12.1. The average molecular weight is 336 g/mol. The summed E-state index contributed by atoms with van der Waals surface area (Å²) in [4.78, 5) is 12.2.